The van der Waals surface area contributed by atoms with Gasteiger partial charge in [0, 0.05) is 6.42 Å². The second-order valence-electron chi connectivity index (χ2n) is 15.7. The number of carboxylic acids is 1. The Morgan fingerprint density at radius 3 is 0.830 bits per heavy atom. The number of hydrogen-bond acceptors (Lipinski definition) is 6. The Kier molecular flexibility index (Phi) is 52.6. The van der Waals surface area contributed by atoms with Gasteiger partial charge in [0.15, 0.2) is 0 Å². The predicted molar refractivity (Wildman–Crippen MR) is 227 cm³/mol. The molecule has 0 saturated carbocycles. The van der Waals surface area contributed by atoms with Crippen LogP contribution in [-0.4, -0.2) is 59.5 Å². The molecule has 0 amide bonds. The average Bonchev–Trinajstić information content (AvgIpc) is 3.16. The molecule has 0 aromatic heterocycles. The van der Waals surface area contributed by atoms with E-state index in [1.807, 2.05) is 0 Å². The monoisotopic (exact) mass is 758 g/mol. The second-order valence-corrected chi connectivity index (χ2v) is 15.7. The number of carbonyl (C=O) groups is 1. The number of hydroxylamine groups is 2. The van der Waals surface area contributed by atoms with E-state index in [1.165, 1.54) is 224 Å². The minimum atomic E-state index is -0.653. The Balaban J connectivity index is 0. The molecule has 0 heterocycles. The third kappa shape index (κ3) is 53.4. The van der Waals surface area contributed by atoms with E-state index in [9.17, 15) is 4.79 Å². The van der Waals surface area contributed by atoms with Crippen molar-refractivity contribution in [1.29, 1.82) is 0 Å². The first-order chi connectivity index (χ1) is 26.1. The molecule has 0 radical (unpaired) electrons. The zero-order valence-electron chi connectivity index (χ0n) is 35.9. The molecule has 0 spiro atoms. The smallest absolute Gasteiger partial charge is 0.303 e. The molecule has 320 valence electrons. The third-order valence-corrected chi connectivity index (χ3v) is 10.3. The van der Waals surface area contributed by atoms with Crippen LogP contribution in [0.2, 0.25) is 0 Å². The molecular weight excluding hydrogens is 663 g/mol. The molecule has 0 fully saturated rings. The van der Waals surface area contributed by atoms with E-state index < -0.39 is 5.97 Å². The molecule has 3 N–H and O–H groups in total. The summed E-state index contributed by atoms with van der Waals surface area (Å²) in [5, 5.41) is 27.6. The Hall–Kier alpha value is -0.730. The number of aliphatic hydroxyl groups is 2. The van der Waals surface area contributed by atoms with E-state index in [4.69, 9.17) is 25.0 Å². The first-order valence-corrected chi connectivity index (χ1v) is 23.6. The van der Waals surface area contributed by atoms with E-state index in [-0.39, 0.29) is 26.4 Å². The molecule has 0 bridgehead atoms. The van der Waals surface area contributed by atoms with E-state index in [0.717, 1.165) is 19.3 Å². The van der Waals surface area contributed by atoms with Crippen LogP contribution < -0.4 is 0 Å². The molecule has 0 aromatic carbocycles. The molecule has 0 aliphatic carbocycles. The van der Waals surface area contributed by atoms with Gasteiger partial charge >= 0.3 is 5.97 Å². The third-order valence-electron chi connectivity index (χ3n) is 10.3. The molecule has 0 aliphatic heterocycles. The maximum Gasteiger partial charge on any atom is 0.303 e. The topological polar surface area (TPSA) is 99.5 Å². The Morgan fingerprint density at radius 1 is 0.377 bits per heavy atom. The van der Waals surface area contributed by atoms with Gasteiger partial charge in [0.05, 0.1) is 33.0 Å². The van der Waals surface area contributed by atoms with E-state index in [0.29, 0.717) is 13.0 Å². The van der Waals surface area contributed by atoms with Crippen LogP contribution in [0.25, 0.3) is 0 Å². The fourth-order valence-corrected chi connectivity index (χ4v) is 6.95. The van der Waals surface area contributed by atoms with Crippen LogP contribution in [0.1, 0.15) is 258 Å². The van der Waals surface area contributed by atoms with E-state index in [1.54, 1.807) is 0 Å². The molecule has 0 rings (SSSR count). The lowest BCUT2D eigenvalue weighted by atomic mass is 10.0. The lowest BCUT2D eigenvalue weighted by molar-refractivity contribution is -0.371. The van der Waals surface area contributed by atoms with Crippen molar-refractivity contribution < 1.29 is 29.8 Å². The highest BCUT2D eigenvalue weighted by atomic mass is 16.9. The normalized spacial score (nSPS) is 11.3. The van der Waals surface area contributed by atoms with Crippen LogP contribution in [0.15, 0.2) is 0 Å². The highest BCUT2D eigenvalue weighted by Crippen LogP contribution is 2.16. The lowest BCUT2D eigenvalue weighted by Crippen LogP contribution is -2.28. The van der Waals surface area contributed by atoms with Gasteiger partial charge in [-0.15, -0.1) is 0 Å². The second kappa shape index (κ2) is 51.3. The summed E-state index contributed by atoms with van der Waals surface area (Å²) in [6.07, 6.45) is 50.7. The summed E-state index contributed by atoms with van der Waals surface area (Å²) in [6, 6.07) is 0. The van der Waals surface area contributed by atoms with Crippen LogP contribution in [0, 0.1) is 0 Å². The number of aliphatic carboxylic acids is 1. The fourth-order valence-electron chi connectivity index (χ4n) is 6.95. The summed E-state index contributed by atoms with van der Waals surface area (Å²) < 4.78 is 0. The van der Waals surface area contributed by atoms with Crippen molar-refractivity contribution in [1.82, 2.24) is 5.23 Å². The van der Waals surface area contributed by atoms with Crippen LogP contribution in [0.4, 0.5) is 0 Å². The highest BCUT2D eigenvalue weighted by molar-refractivity contribution is 5.66. The predicted octanol–water partition coefficient (Wildman–Crippen LogP) is 14.1. The van der Waals surface area contributed by atoms with Gasteiger partial charge in [-0.05, 0) is 12.8 Å². The van der Waals surface area contributed by atoms with Crippen molar-refractivity contribution in [2.24, 2.45) is 0 Å². The number of hydrogen-bond donors (Lipinski definition) is 3. The van der Waals surface area contributed by atoms with Gasteiger partial charge in [0.1, 0.15) is 0 Å². The lowest BCUT2D eigenvalue weighted by Gasteiger charge is -2.20. The first-order valence-electron chi connectivity index (χ1n) is 23.6. The molecule has 0 aromatic rings. The molecule has 0 unspecified atom stereocenters. The summed E-state index contributed by atoms with van der Waals surface area (Å²) in [5.41, 5.74) is 0. The average molecular weight is 758 g/mol. The van der Waals surface area contributed by atoms with Gasteiger partial charge in [-0.25, -0.2) is 0 Å². The molecule has 53 heavy (non-hydrogen) atoms. The summed E-state index contributed by atoms with van der Waals surface area (Å²) in [6.45, 7) is 5.64. The number of aliphatic hydroxyl groups excluding tert-OH is 2. The van der Waals surface area contributed by atoms with Crippen molar-refractivity contribution in [3.8, 4) is 0 Å². The van der Waals surface area contributed by atoms with Crippen LogP contribution >= 0.6 is 0 Å². The summed E-state index contributed by atoms with van der Waals surface area (Å²) in [4.78, 5) is 20.9. The van der Waals surface area contributed by atoms with Crippen molar-refractivity contribution in [3.63, 3.8) is 0 Å². The SMILES string of the molecule is CCCCCCCCCCCCCCCCCC(=O)O.CCCCCCCCCCCCCCCCCCCCCCCCN(OCCO)OCCO. The molecule has 7 nitrogen and oxygen atoms in total. The Morgan fingerprint density at radius 2 is 0.604 bits per heavy atom. The van der Waals surface area contributed by atoms with Crippen molar-refractivity contribution >= 4 is 5.97 Å². The summed E-state index contributed by atoms with van der Waals surface area (Å²) >= 11 is 0. The van der Waals surface area contributed by atoms with Gasteiger partial charge < -0.3 is 15.3 Å². The molecule has 0 saturated heterocycles. The maximum atomic E-state index is 10.3. The molecule has 0 atom stereocenters. The first kappa shape index (κ1) is 54.4. The number of nitrogens with zero attached hydrogens (tertiary/aromatic N) is 1. The van der Waals surface area contributed by atoms with E-state index in [2.05, 4.69) is 13.8 Å². The maximum absolute atomic E-state index is 10.3. The zero-order chi connectivity index (χ0) is 39.0. The molecule has 0 aliphatic rings. The molecular formula is C46H95NO6. The minimum absolute atomic E-state index is 0.0294. The van der Waals surface area contributed by atoms with Crippen LogP contribution in [-0.2, 0) is 14.5 Å². The Labute approximate surface area is 331 Å². The summed E-state index contributed by atoms with van der Waals surface area (Å²) in [5.74, 6) is -0.653. The Bertz CT molecular complexity index is 644. The van der Waals surface area contributed by atoms with Gasteiger partial charge in [0.2, 0.25) is 0 Å². The van der Waals surface area contributed by atoms with Crippen LogP contribution in [0.3, 0.4) is 0 Å². The van der Waals surface area contributed by atoms with Crippen LogP contribution in [0.5, 0.6) is 0 Å². The van der Waals surface area contributed by atoms with Gasteiger partial charge in [0.25, 0.3) is 0 Å². The standard InChI is InChI=1S/C28H59NO4.C18H36O2/c1-2-3-4-5-6-7-8-9-10-11-12-13-14-15-16-17-18-19-20-21-22-23-24-29(32-27-25-30)33-28-26-31;1-2-3-4-5-6-7-8-9-10-11-12-13-14-15-16-17-18(19)20/h30-31H,2-28H2,1H3;2-17H2,1H3,(H,19,20). The highest BCUT2D eigenvalue weighted by Gasteiger charge is 2.05. The van der Waals surface area contributed by atoms with Crippen molar-refractivity contribution in [3.05, 3.63) is 0 Å². The molecule has 7 heteroatoms. The van der Waals surface area contributed by atoms with E-state index >= 15 is 0 Å². The van der Waals surface area contributed by atoms with Crippen molar-refractivity contribution in [2.75, 3.05) is 33.0 Å². The number of carboxylic acid groups (broad SMARTS) is 1. The van der Waals surface area contributed by atoms with Gasteiger partial charge in [-0.3, -0.25) is 14.5 Å². The fraction of sp³-hybridized carbons (Fsp3) is 0.978. The van der Waals surface area contributed by atoms with Crippen molar-refractivity contribution in [2.45, 2.75) is 258 Å². The summed E-state index contributed by atoms with van der Waals surface area (Å²) in [7, 11) is 0. The minimum Gasteiger partial charge on any atom is -0.481 e. The van der Waals surface area contributed by atoms with Gasteiger partial charge in [-0.2, -0.15) is 0 Å². The quantitative estimate of drug-likeness (QED) is 0.0420. The zero-order valence-corrected chi connectivity index (χ0v) is 35.9. The van der Waals surface area contributed by atoms with Gasteiger partial charge in [-0.1, -0.05) is 244 Å². The largest absolute Gasteiger partial charge is 0.481 e. The number of unbranched alkanes of at least 4 members (excludes halogenated alkanes) is 35. The number of rotatable bonds is 45.